The number of hydrogen-bond donors (Lipinski definition) is 12. The van der Waals surface area contributed by atoms with Gasteiger partial charge < -0.3 is 98.3 Å². The monoisotopic (exact) mass is 1850 g/mol. The Hall–Kier alpha value is -16.0. The Morgan fingerprint density at radius 2 is 0.739 bits per heavy atom. The fourth-order valence-electron chi connectivity index (χ4n) is 16.6. The Labute approximate surface area is 803 Å². The zero-order valence-corrected chi connectivity index (χ0v) is 79.8. The summed E-state index contributed by atoms with van der Waals surface area (Å²) in [7, 11) is 0. The summed E-state index contributed by atoms with van der Waals surface area (Å²) < 4.78 is 15.3. The third-order valence-electron chi connectivity index (χ3n) is 23.9. The van der Waals surface area contributed by atoms with Crippen LogP contribution in [0.15, 0.2) is 238 Å². The number of benzene rings is 3. The topological polar surface area (TPSA) is 456 Å². The molecule has 1 aliphatic rings. The highest BCUT2D eigenvalue weighted by molar-refractivity contribution is 5.93. The van der Waals surface area contributed by atoms with E-state index < -0.39 is 0 Å². The Morgan fingerprint density at radius 1 is 0.333 bits per heavy atom. The van der Waals surface area contributed by atoms with Gasteiger partial charge in [0.15, 0.2) is 34.9 Å². The van der Waals surface area contributed by atoms with Crippen molar-refractivity contribution in [1.82, 2.24) is 107 Å². The highest BCUT2D eigenvalue weighted by Crippen LogP contribution is 2.34. The fourth-order valence-corrected chi connectivity index (χ4v) is 16.6. The Kier molecular flexibility index (Phi) is 33.8. The van der Waals surface area contributed by atoms with E-state index in [0.29, 0.717) is 42.7 Å². The summed E-state index contributed by atoms with van der Waals surface area (Å²) in [5.74, 6) is 7.46. The molecule has 16 aromatic heterocycles. The number of aryl methyl sites for hydroxylation is 3. The molecule has 1 fully saturated rings. The number of pyridine rings is 3. The van der Waals surface area contributed by atoms with E-state index in [2.05, 4.69) is 259 Å². The van der Waals surface area contributed by atoms with E-state index in [1.54, 1.807) is 12.4 Å². The number of nitrogens with two attached hydrogens (primary N) is 6. The molecule has 16 heterocycles. The van der Waals surface area contributed by atoms with Gasteiger partial charge in [0.2, 0.25) is 35.7 Å². The van der Waals surface area contributed by atoms with Crippen LogP contribution in [0.1, 0.15) is 152 Å². The van der Waals surface area contributed by atoms with Gasteiger partial charge in [-0.15, -0.1) is 0 Å². The van der Waals surface area contributed by atoms with E-state index in [1.165, 1.54) is 42.2 Å². The van der Waals surface area contributed by atoms with Crippen molar-refractivity contribution < 1.29 is 0 Å². The Morgan fingerprint density at radius 3 is 1.20 bits per heavy atom. The van der Waals surface area contributed by atoms with Crippen LogP contribution in [-0.4, -0.2) is 139 Å². The van der Waals surface area contributed by atoms with Crippen molar-refractivity contribution in [3.63, 3.8) is 0 Å². The molecule has 0 amide bonds. The molecule has 1 saturated carbocycles. The van der Waals surface area contributed by atoms with Crippen LogP contribution >= 0.6 is 0 Å². The Bertz CT molecular complexity index is 7040. The number of nitrogens with zero attached hydrogens (tertiary/aromatic N) is 22. The van der Waals surface area contributed by atoms with Crippen LogP contribution in [0.4, 0.5) is 70.6 Å². The average molecular weight is 1850 g/mol. The van der Waals surface area contributed by atoms with E-state index in [4.69, 9.17) is 34.4 Å². The minimum Gasteiger partial charge on any atom is -0.368 e. The third-order valence-corrected chi connectivity index (χ3v) is 23.9. The van der Waals surface area contributed by atoms with Gasteiger partial charge in [-0.3, -0.25) is 15.0 Å². The first-order chi connectivity index (χ1) is 67.6. The van der Waals surface area contributed by atoms with Crippen molar-refractivity contribution in [3.8, 4) is 0 Å². The maximum absolute atomic E-state index is 5.88. The van der Waals surface area contributed by atoms with Crippen molar-refractivity contribution in [2.24, 2.45) is 5.92 Å². The highest BCUT2D eigenvalue weighted by Gasteiger charge is 2.23. The van der Waals surface area contributed by atoms with Gasteiger partial charge in [-0.1, -0.05) is 170 Å². The van der Waals surface area contributed by atoms with E-state index in [1.807, 2.05) is 146 Å². The summed E-state index contributed by atoms with van der Waals surface area (Å²) in [4.78, 5) is 65.6. The second kappa shape index (κ2) is 48.2. The summed E-state index contributed by atoms with van der Waals surface area (Å²) in [6.07, 6.45) is 36.9. The number of rotatable bonds is 36. The minimum atomic E-state index is 0.258. The number of unbranched alkanes of at least 4 members (excludes halogenated alkanes) is 5. The number of anilines is 12. The molecular formula is C104H128N34. The molecule has 0 radical (unpaired) electrons. The molecule has 18 N–H and O–H groups in total. The van der Waals surface area contributed by atoms with Crippen molar-refractivity contribution in [3.05, 3.63) is 272 Å². The van der Waals surface area contributed by atoms with Crippen LogP contribution in [0.2, 0.25) is 0 Å². The molecule has 0 spiro atoms. The second-order valence-electron chi connectivity index (χ2n) is 34.3. The van der Waals surface area contributed by atoms with E-state index in [0.717, 1.165) is 259 Å². The molecular weight excluding hydrogens is 1730 g/mol. The molecule has 0 aliphatic heterocycles. The molecule has 0 saturated heterocycles. The number of aromatic nitrogens is 22. The predicted octanol–water partition coefficient (Wildman–Crippen LogP) is 18.9. The maximum Gasteiger partial charge on any atom is 0.222 e. The number of hydrogen-bond acceptors (Lipinski definition) is 27. The van der Waals surface area contributed by atoms with Crippen molar-refractivity contribution >= 4 is 148 Å². The SMILES string of the molecule is CCCCNc1nc(N)nc2cc(C)n(Cc3ccccc3)c12.CCCCNc1nc(N)nc2ccn(CC3CCC3)c12.CCCCNc1nc(N)nc2ccn(CCn3cccc3)c12.CCCCNc1nc(N)nc2ccn(Cc3cccnc3)c12.CCCCNc1nc(N)nc2ccn(Cc3nccc4ccccc34)c12.Nc1nc(NCc2ccccn2)c2c(ccn2Cc2ccccc2)n1. The molecule has 1 aliphatic carbocycles. The molecule has 0 unspecified atom stereocenters. The van der Waals surface area contributed by atoms with E-state index >= 15 is 0 Å². The molecule has 0 atom stereocenters. The van der Waals surface area contributed by atoms with Gasteiger partial charge in [0.05, 0.1) is 57.6 Å². The molecule has 714 valence electrons. The molecule has 19 aromatic rings. The summed E-state index contributed by atoms with van der Waals surface area (Å²) in [6.45, 7) is 23.7. The van der Waals surface area contributed by atoms with Crippen molar-refractivity contribution in [2.45, 2.75) is 177 Å². The highest BCUT2D eigenvalue weighted by atomic mass is 15.2. The summed E-state index contributed by atoms with van der Waals surface area (Å²) in [5.41, 5.74) is 53.1. The van der Waals surface area contributed by atoms with E-state index in [9.17, 15) is 0 Å². The van der Waals surface area contributed by atoms with E-state index in [-0.39, 0.29) is 11.9 Å². The smallest absolute Gasteiger partial charge is 0.222 e. The standard InChI is InChI=1S/C20H22N6.C19H18N6.C18H23N5.C16H20N6.C16H22N6.C15H23N5/c1-2-3-10-23-19-18-16(24-20(21)25-19)9-12-26(18)13-17-15-7-5-4-6-14(15)8-11-22-17;20-19-23-16-9-11-25(13-14-6-2-1-3-7-14)17(16)18(24-19)22-12-15-8-4-5-10-21-15;1-3-4-10-20-17-16-15(21-18(19)22-17)11-13(2)23(16)12-14-8-6-5-7-9-14;1-2-3-8-19-15-14-13(20-16(17)21-15)6-9-22(14)11-12-5-4-7-18-10-12;1-2-3-7-18-15-14-13(19-16(17)20-15)6-10-22(14)12-11-21-8-4-5-9-21;1-2-3-8-17-14-13-12(18-15(16)19-14)7-9-20(13)10-11-5-4-6-11/h4-9,11-12H,2-3,10,13H2,1H3,(H3,21,23,24,25);1-11H,12-13H2,(H3,20,22,23,24);5-9,11H,3-4,10,12H2,1-2H3,(H3,19,20,21,22);4-7,9-10H,2-3,8,11H2,1H3,(H3,17,19,20,21);4-6,8-10H,2-3,7,11-12H2,1H3,(H3,17,18,19,20);7,9,11H,2-6,8,10H2,1H3,(H3,16,17,18,19). The number of nitrogens with one attached hydrogen (secondary N) is 6. The molecule has 0 bridgehead atoms. The summed E-state index contributed by atoms with van der Waals surface area (Å²) >= 11 is 0. The molecule has 34 nitrogen and oxygen atoms in total. The Balaban J connectivity index is 0.000000126. The average Bonchev–Trinajstić information content (AvgIpc) is 1.62. The van der Waals surface area contributed by atoms with Gasteiger partial charge in [0.1, 0.15) is 33.1 Å². The van der Waals surface area contributed by atoms with Gasteiger partial charge in [-0.05, 0) is 153 Å². The first-order valence-electron chi connectivity index (χ1n) is 48.1. The van der Waals surface area contributed by atoms with Crippen LogP contribution in [0, 0.1) is 12.8 Å². The number of fused-ring (bicyclic) bond motifs is 7. The molecule has 20 rings (SSSR count). The summed E-state index contributed by atoms with van der Waals surface area (Å²) in [6, 6.07) is 57.0. The van der Waals surface area contributed by atoms with Crippen LogP contribution < -0.4 is 66.3 Å². The van der Waals surface area contributed by atoms with Crippen molar-refractivity contribution in [1.29, 1.82) is 0 Å². The van der Waals surface area contributed by atoms with Crippen LogP contribution in [-0.2, 0) is 52.4 Å². The molecule has 34 heteroatoms. The van der Waals surface area contributed by atoms with Crippen LogP contribution in [0.5, 0.6) is 0 Å². The molecule has 138 heavy (non-hydrogen) atoms. The quantitative estimate of drug-likeness (QED) is 0.0162. The normalized spacial score (nSPS) is 11.7. The maximum atomic E-state index is 5.88. The zero-order valence-electron chi connectivity index (χ0n) is 79.8. The first-order valence-corrected chi connectivity index (χ1v) is 48.1. The van der Waals surface area contributed by atoms with Gasteiger partial charge in [0, 0.05) is 151 Å². The van der Waals surface area contributed by atoms with Gasteiger partial charge in [-0.2, -0.15) is 29.9 Å². The first kappa shape index (κ1) is 96.5. The lowest BCUT2D eigenvalue weighted by atomic mass is 9.85. The largest absolute Gasteiger partial charge is 0.368 e. The van der Waals surface area contributed by atoms with Crippen molar-refractivity contribution in [2.75, 3.05) is 99.0 Å². The summed E-state index contributed by atoms with van der Waals surface area (Å²) in [5, 5.41) is 22.7. The lowest BCUT2D eigenvalue weighted by Gasteiger charge is -2.26. The lowest BCUT2D eigenvalue weighted by Crippen LogP contribution is -2.18. The second-order valence-corrected chi connectivity index (χ2v) is 34.3. The van der Waals surface area contributed by atoms with Gasteiger partial charge in [0.25, 0.3) is 0 Å². The van der Waals surface area contributed by atoms with Gasteiger partial charge >= 0.3 is 0 Å². The van der Waals surface area contributed by atoms with Crippen LogP contribution in [0.25, 0.3) is 77.0 Å². The van der Waals surface area contributed by atoms with Crippen LogP contribution in [0.3, 0.4) is 0 Å². The fraction of sp³-hybridized carbons (Fsp3) is 0.317. The predicted molar refractivity (Wildman–Crippen MR) is 562 cm³/mol. The third kappa shape index (κ3) is 25.5. The zero-order chi connectivity index (χ0) is 95.9. The number of nitrogen functional groups attached to an aromatic ring is 6. The molecule has 3 aromatic carbocycles. The minimum absolute atomic E-state index is 0.258. The van der Waals surface area contributed by atoms with Gasteiger partial charge in [-0.25, -0.2) is 29.9 Å². The lowest BCUT2D eigenvalue weighted by molar-refractivity contribution is 0.280.